The van der Waals surface area contributed by atoms with Crippen molar-refractivity contribution in [2.75, 3.05) is 5.73 Å². The number of carbonyl (C=O) groups is 1. The Labute approximate surface area is 98.5 Å². The first-order valence-electron chi connectivity index (χ1n) is 4.47. The minimum Gasteiger partial charge on any atom is -0.399 e. The van der Waals surface area contributed by atoms with Crippen LogP contribution in [0.1, 0.15) is 24.2 Å². The molecule has 0 unspecified atom stereocenters. The second-order valence-electron chi connectivity index (χ2n) is 3.49. The summed E-state index contributed by atoms with van der Waals surface area (Å²) in [6, 6.07) is 3.05. The largest absolute Gasteiger partial charge is 0.399 e. The van der Waals surface area contributed by atoms with E-state index in [0.29, 0.717) is 11.3 Å². The van der Waals surface area contributed by atoms with Crippen molar-refractivity contribution in [3.8, 4) is 0 Å². The molecule has 0 radical (unpaired) electrons. The van der Waals surface area contributed by atoms with Crippen molar-refractivity contribution in [1.82, 2.24) is 5.32 Å². The van der Waals surface area contributed by atoms with Gasteiger partial charge in [-0.2, -0.15) is 0 Å². The molecule has 0 saturated heterocycles. The van der Waals surface area contributed by atoms with Crippen molar-refractivity contribution in [3.63, 3.8) is 0 Å². The minimum atomic E-state index is -0.274. The van der Waals surface area contributed by atoms with Gasteiger partial charge in [0.1, 0.15) is 0 Å². The summed E-state index contributed by atoms with van der Waals surface area (Å²) in [5, 5.41) is 3.23. The number of rotatable bonds is 2. The fraction of sp³-hybridized carbons (Fsp3) is 0.300. The lowest BCUT2D eigenvalue weighted by Gasteiger charge is -2.10. The van der Waals surface area contributed by atoms with Gasteiger partial charge in [-0.05, 0) is 26.0 Å². The van der Waals surface area contributed by atoms with Crippen molar-refractivity contribution in [3.05, 3.63) is 27.7 Å². The Bertz CT molecular complexity index is 391. The maximum absolute atomic E-state index is 11.7. The second kappa shape index (κ2) is 4.73. The molecule has 82 valence electrons. The van der Waals surface area contributed by atoms with E-state index < -0.39 is 0 Å². The number of anilines is 1. The summed E-state index contributed by atoms with van der Waals surface area (Å²) in [7, 11) is 0. The molecule has 1 amide bonds. The van der Waals surface area contributed by atoms with Crippen LogP contribution in [0.25, 0.3) is 0 Å². The summed E-state index contributed by atoms with van der Waals surface area (Å²) >= 11 is 11.7. The van der Waals surface area contributed by atoms with Gasteiger partial charge in [0.15, 0.2) is 0 Å². The first-order valence-corrected chi connectivity index (χ1v) is 5.22. The summed E-state index contributed by atoms with van der Waals surface area (Å²) in [5.74, 6) is -0.274. The summed E-state index contributed by atoms with van der Waals surface area (Å²) in [5.41, 5.74) is 6.29. The lowest BCUT2D eigenvalue weighted by atomic mass is 10.2. The van der Waals surface area contributed by atoms with Crippen molar-refractivity contribution < 1.29 is 4.79 Å². The maximum Gasteiger partial charge on any atom is 0.253 e. The van der Waals surface area contributed by atoms with Gasteiger partial charge in [-0.25, -0.2) is 0 Å². The van der Waals surface area contributed by atoms with Crippen LogP contribution >= 0.6 is 23.2 Å². The Morgan fingerprint density at radius 1 is 1.40 bits per heavy atom. The molecule has 0 bridgehead atoms. The van der Waals surface area contributed by atoms with Gasteiger partial charge < -0.3 is 11.1 Å². The number of amides is 1. The molecule has 1 aromatic carbocycles. The summed E-state index contributed by atoms with van der Waals surface area (Å²) in [6.45, 7) is 3.72. The van der Waals surface area contributed by atoms with E-state index in [4.69, 9.17) is 28.9 Å². The van der Waals surface area contributed by atoms with Crippen LogP contribution in [0, 0.1) is 0 Å². The average molecular weight is 247 g/mol. The van der Waals surface area contributed by atoms with Gasteiger partial charge in [0, 0.05) is 11.7 Å². The third kappa shape index (κ3) is 3.01. The molecule has 0 saturated carbocycles. The first kappa shape index (κ1) is 12.1. The number of hydrogen-bond acceptors (Lipinski definition) is 2. The SMILES string of the molecule is CC(C)NC(=O)c1cc(N)cc(Cl)c1Cl. The van der Waals surface area contributed by atoms with Gasteiger partial charge in [-0.3, -0.25) is 4.79 Å². The smallest absolute Gasteiger partial charge is 0.253 e. The van der Waals surface area contributed by atoms with E-state index >= 15 is 0 Å². The van der Waals surface area contributed by atoms with Gasteiger partial charge in [-0.15, -0.1) is 0 Å². The van der Waals surface area contributed by atoms with Crippen LogP contribution in [0.2, 0.25) is 10.0 Å². The van der Waals surface area contributed by atoms with Gasteiger partial charge in [-0.1, -0.05) is 23.2 Å². The van der Waals surface area contributed by atoms with Crippen LogP contribution in [-0.2, 0) is 0 Å². The first-order chi connectivity index (χ1) is 6.91. The normalized spacial score (nSPS) is 10.5. The standard InChI is InChI=1S/C10H12Cl2N2O/c1-5(2)14-10(15)7-3-6(13)4-8(11)9(7)12/h3-5H,13H2,1-2H3,(H,14,15). The van der Waals surface area contributed by atoms with Gasteiger partial charge in [0.2, 0.25) is 0 Å². The number of halogens is 2. The number of nitrogens with two attached hydrogens (primary N) is 1. The van der Waals surface area contributed by atoms with E-state index in [-0.39, 0.29) is 22.0 Å². The highest BCUT2D eigenvalue weighted by Gasteiger charge is 2.14. The predicted octanol–water partition coefficient (Wildman–Crippen LogP) is 2.71. The lowest BCUT2D eigenvalue weighted by molar-refractivity contribution is 0.0943. The van der Waals surface area contributed by atoms with E-state index in [2.05, 4.69) is 5.32 Å². The number of benzene rings is 1. The molecule has 1 rings (SSSR count). The van der Waals surface area contributed by atoms with Crippen LogP contribution in [0.5, 0.6) is 0 Å². The second-order valence-corrected chi connectivity index (χ2v) is 4.28. The molecule has 0 atom stereocenters. The number of hydrogen-bond donors (Lipinski definition) is 2. The third-order valence-electron chi connectivity index (χ3n) is 1.71. The monoisotopic (exact) mass is 246 g/mol. The van der Waals surface area contributed by atoms with E-state index in [1.165, 1.54) is 12.1 Å². The van der Waals surface area contributed by atoms with Crippen LogP contribution in [0.4, 0.5) is 5.69 Å². The summed E-state index contributed by atoms with van der Waals surface area (Å²) in [6.07, 6.45) is 0. The third-order valence-corrected chi connectivity index (χ3v) is 2.52. The van der Waals surface area contributed by atoms with Gasteiger partial charge in [0.25, 0.3) is 5.91 Å². The summed E-state index contributed by atoms with van der Waals surface area (Å²) in [4.78, 5) is 11.7. The molecule has 3 N–H and O–H groups in total. The Hall–Kier alpha value is -0.930. The van der Waals surface area contributed by atoms with Gasteiger partial charge in [0.05, 0.1) is 15.6 Å². The molecule has 3 nitrogen and oxygen atoms in total. The molecular weight excluding hydrogens is 235 g/mol. The molecule has 1 aromatic rings. The Morgan fingerprint density at radius 3 is 2.53 bits per heavy atom. The fourth-order valence-corrected chi connectivity index (χ4v) is 1.54. The highest BCUT2D eigenvalue weighted by Crippen LogP contribution is 2.28. The topological polar surface area (TPSA) is 55.1 Å². The fourth-order valence-electron chi connectivity index (χ4n) is 1.12. The molecule has 0 heterocycles. The number of carbonyl (C=O) groups excluding carboxylic acids is 1. The zero-order valence-electron chi connectivity index (χ0n) is 8.47. The molecule has 5 heteroatoms. The van der Waals surface area contributed by atoms with Crippen LogP contribution in [-0.4, -0.2) is 11.9 Å². The number of nitrogen functional groups attached to an aromatic ring is 1. The van der Waals surface area contributed by atoms with Gasteiger partial charge >= 0.3 is 0 Å². The van der Waals surface area contributed by atoms with Crippen LogP contribution in [0.3, 0.4) is 0 Å². The molecule has 0 aliphatic heterocycles. The highest BCUT2D eigenvalue weighted by atomic mass is 35.5. The molecule has 0 aromatic heterocycles. The Morgan fingerprint density at radius 2 is 2.00 bits per heavy atom. The van der Waals surface area contributed by atoms with E-state index in [0.717, 1.165) is 0 Å². The molecule has 15 heavy (non-hydrogen) atoms. The zero-order chi connectivity index (χ0) is 11.6. The molecule has 0 spiro atoms. The van der Waals surface area contributed by atoms with Crippen molar-refractivity contribution in [2.24, 2.45) is 0 Å². The highest BCUT2D eigenvalue weighted by molar-refractivity contribution is 6.44. The maximum atomic E-state index is 11.7. The van der Waals surface area contributed by atoms with Crippen LogP contribution in [0.15, 0.2) is 12.1 Å². The number of nitrogens with one attached hydrogen (secondary N) is 1. The van der Waals surface area contributed by atoms with E-state index in [1.807, 2.05) is 13.8 Å². The Balaban J connectivity index is 3.08. The molecule has 0 aliphatic rings. The molecule has 0 aliphatic carbocycles. The lowest BCUT2D eigenvalue weighted by Crippen LogP contribution is -2.30. The van der Waals surface area contributed by atoms with E-state index in [1.54, 1.807) is 0 Å². The average Bonchev–Trinajstić information content (AvgIpc) is 2.09. The molecule has 0 fully saturated rings. The minimum absolute atomic E-state index is 0.0359. The molecular formula is C10H12Cl2N2O. The van der Waals surface area contributed by atoms with Crippen LogP contribution < -0.4 is 11.1 Å². The quantitative estimate of drug-likeness (QED) is 0.789. The summed E-state index contributed by atoms with van der Waals surface area (Å²) < 4.78 is 0. The van der Waals surface area contributed by atoms with Crippen molar-refractivity contribution >= 4 is 34.8 Å². The zero-order valence-corrected chi connectivity index (χ0v) is 9.99. The van der Waals surface area contributed by atoms with E-state index in [9.17, 15) is 4.79 Å². The Kier molecular flexibility index (Phi) is 3.83. The predicted molar refractivity (Wildman–Crippen MR) is 63.5 cm³/mol. The van der Waals surface area contributed by atoms with Crippen molar-refractivity contribution in [1.29, 1.82) is 0 Å². The van der Waals surface area contributed by atoms with Crippen molar-refractivity contribution in [2.45, 2.75) is 19.9 Å².